The molecule has 6 nitrogen and oxygen atoms in total. The number of aromatic nitrogens is 1. The number of likely N-dealkylation sites (N-methyl/N-ethyl adjacent to an activating group) is 1. The summed E-state index contributed by atoms with van der Waals surface area (Å²) in [5.74, 6) is 0.270. The SMILES string of the molecule is C[C@H](C(=O)c1c[nH]c2ccccc12)N1CCN(CC(=O)N(C)C)CC1. The average molecular weight is 342 g/mol. The van der Waals surface area contributed by atoms with Crippen LogP contribution in [-0.4, -0.2) is 84.2 Å². The van der Waals surface area contributed by atoms with Gasteiger partial charge in [0.1, 0.15) is 0 Å². The van der Waals surface area contributed by atoms with Gasteiger partial charge in [-0.2, -0.15) is 0 Å². The van der Waals surface area contributed by atoms with E-state index >= 15 is 0 Å². The number of fused-ring (bicyclic) bond motifs is 1. The number of ketones is 1. The number of piperazine rings is 1. The van der Waals surface area contributed by atoms with Crippen LogP contribution in [0.15, 0.2) is 30.5 Å². The summed E-state index contributed by atoms with van der Waals surface area (Å²) in [6, 6.07) is 7.72. The first-order valence-corrected chi connectivity index (χ1v) is 8.74. The lowest BCUT2D eigenvalue weighted by Crippen LogP contribution is -2.53. The van der Waals surface area contributed by atoms with Gasteiger partial charge in [0, 0.05) is 62.9 Å². The van der Waals surface area contributed by atoms with Crippen LogP contribution in [0.1, 0.15) is 17.3 Å². The molecule has 134 valence electrons. The van der Waals surface area contributed by atoms with E-state index in [1.54, 1.807) is 19.0 Å². The molecule has 1 aromatic heterocycles. The van der Waals surface area contributed by atoms with E-state index in [2.05, 4.69) is 14.8 Å². The molecule has 0 spiro atoms. The highest BCUT2D eigenvalue weighted by molar-refractivity contribution is 6.10. The van der Waals surface area contributed by atoms with E-state index < -0.39 is 0 Å². The third-order valence-electron chi connectivity index (χ3n) is 5.05. The summed E-state index contributed by atoms with van der Waals surface area (Å²) in [5.41, 5.74) is 1.75. The van der Waals surface area contributed by atoms with Crippen molar-refractivity contribution in [2.75, 3.05) is 46.8 Å². The van der Waals surface area contributed by atoms with Crippen molar-refractivity contribution in [3.05, 3.63) is 36.0 Å². The molecule has 25 heavy (non-hydrogen) atoms. The number of benzene rings is 1. The lowest BCUT2D eigenvalue weighted by Gasteiger charge is -2.37. The van der Waals surface area contributed by atoms with Crippen molar-refractivity contribution in [2.24, 2.45) is 0 Å². The molecule has 6 heteroatoms. The van der Waals surface area contributed by atoms with Crippen molar-refractivity contribution < 1.29 is 9.59 Å². The third kappa shape index (κ3) is 3.75. The zero-order valence-electron chi connectivity index (χ0n) is 15.2. The molecular formula is C19H26N4O2. The van der Waals surface area contributed by atoms with E-state index in [-0.39, 0.29) is 17.7 Å². The number of nitrogens with zero attached hydrogens (tertiary/aromatic N) is 3. The van der Waals surface area contributed by atoms with Gasteiger partial charge in [-0.1, -0.05) is 18.2 Å². The number of hydrogen-bond acceptors (Lipinski definition) is 4. The van der Waals surface area contributed by atoms with Gasteiger partial charge in [0.2, 0.25) is 5.91 Å². The van der Waals surface area contributed by atoms with Gasteiger partial charge in [-0.25, -0.2) is 0 Å². The van der Waals surface area contributed by atoms with E-state index in [0.717, 1.165) is 42.6 Å². The van der Waals surface area contributed by atoms with Crippen LogP contribution in [0.25, 0.3) is 10.9 Å². The monoisotopic (exact) mass is 342 g/mol. The number of nitrogens with one attached hydrogen (secondary N) is 1. The Labute approximate surface area is 148 Å². The van der Waals surface area contributed by atoms with Crippen LogP contribution in [0.2, 0.25) is 0 Å². The smallest absolute Gasteiger partial charge is 0.236 e. The number of carbonyl (C=O) groups is 2. The number of para-hydroxylation sites is 1. The second-order valence-electron chi connectivity index (χ2n) is 6.89. The molecule has 2 aromatic rings. The lowest BCUT2D eigenvalue weighted by atomic mass is 10.0. The van der Waals surface area contributed by atoms with Crippen molar-refractivity contribution in [1.29, 1.82) is 0 Å². The topological polar surface area (TPSA) is 59.7 Å². The van der Waals surface area contributed by atoms with E-state index in [1.807, 2.05) is 37.4 Å². The zero-order chi connectivity index (χ0) is 18.0. The van der Waals surface area contributed by atoms with Crippen LogP contribution in [0, 0.1) is 0 Å². The Morgan fingerprint density at radius 2 is 1.84 bits per heavy atom. The predicted molar refractivity (Wildman–Crippen MR) is 98.8 cm³/mol. The predicted octanol–water partition coefficient (Wildman–Crippen LogP) is 1.44. The van der Waals surface area contributed by atoms with Crippen molar-refractivity contribution in [3.8, 4) is 0 Å². The van der Waals surface area contributed by atoms with Crippen molar-refractivity contribution in [2.45, 2.75) is 13.0 Å². The van der Waals surface area contributed by atoms with Crippen molar-refractivity contribution in [3.63, 3.8) is 0 Å². The highest BCUT2D eigenvalue weighted by Gasteiger charge is 2.28. The quantitative estimate of drug-likeness (QED) is 0.836. The minimum absolute atomic E-state index is 0.122. The molecule has 0 unspecified atom stereocenters. The standard InChI is InChI=1S/C19H26N4O2/c1-14(19(25)16-12-20-17-7-5-4-6-15(16)17)23-10-8-22(9-11-23)13-18(24)21(2)3/h4-7,12,14,20H,8-11,13H2,1-3H3/t14-/m1/s1. The Morgan fingerprint density at radius 1 is 1.16 bits per heavy atom. The minimum atomic E-state index is -0.161. The minimum Gasteiger partial charge on any atom is -0.360 e. The van der Waals surface area contributed by atoms with Gasteiger partial charge in [-0.15, -0.1) is 0 Å². The highest BCUT2D eigenvalue weighted by Crippen LogP contribution is 2.21. The molecule has 0 bridgehead atoms. The van der Waals surface area contributed by atoms with Crippen LogP contribution in [-0.2, 0) is 4.79 Å². The highest BCUT2D eigenvalue weighted by atomic mass is 16.2. The summed E-state index contributed by atoms with van der Waals surface area (Å²) in [6.45, 7) is 5.65. The summed E-state index contributed by atoms with van der Waals surface area (Å²) in [6.07, 6.45) is 1.81. The lowest BCUT2D eigenvalue weighted by molar-refractivity contribution is -0.130. The number of rotatable bonds is 5. The maximum Gasteiger partial charge on any atom is 0.236 e. The number of carbonyl (C=O) groups excluding carboxylic acids is 2. The molecule has 1 saturated heterocycles. The summed E-state index contributed by atoms with van der Waals surface area (Å²) < 4.78 is 0. The fraction of sp³-hybridized carbons (Fsp3) is 0.474. The molecule has 1 fully saturated rings. The molecule has 0 saturated carbocycles. The first-order valence-electron chi connectivity index (χ1n) is 8.74. The second kappa shape index (κ2) is 7.37. The summed E-state index contributed by atoms with van der Waals surface area (Å²) >= 11 is 0. The first kappa shape index (κ1) is 17.6. The van der Waals surface area contributed by atoms with Gasteiger partial charge < -0.3 is 9.88 Å². The fourth-order valence-electron chi connectivity index (χ4n) is 3.31. The maximum absolute atomic E-state index is 12.9. The summed E-state index contributed by atoms with van der Waals surface area (Å²) in [7, 11) is 3.56. The van der Waals surface area contributed by atoms with Crippen LogP contribution < -0.4 is 0 Å². The zero-order valence-corrected chi connectivity index (χ0v) is 15.2. The summed E-state index contributed by atoms with van der Waals surface area (Å²) in [5, 5.41) is 0.981. The van der Waals surface area contributed by atoms with Gasteiger partial charge in [-0.05, 0) is 13.0 Å². The number of amides is 1. The Bertz CT molecular complexity index is 760. The van der Waals surface area contributed by atoms with E-state index in [4.69, 9.17) is 0 Å². The number of Topliss-reactive ketones (excluding diaryl/α,β-unsaturated/α-hetero) is 1. The third-order valence-corrected chi connectivity index (χ3v) is 5.05. The molecule has 3 rings (SSSR count). The second-order valence-corrected chi connectivity index (χ2v) is 6.89. The van der Waals surface area contributed by atoms with E-state index in [9.17, 15) is 9.59 Å². The molecule has 0 aliphatic carbocycles. The van der Waals surface area contributed by atoms with Crippen molar-refractivity contribution >= 4 is 22.6 Å². The van der Waals surface area contributed by atoms with E-state index in [1.165, 1.54) is 0 Å². The average Bonchev–Trinajstić information content (AvgIpc) is 3.05. The van der Waals surface area contributed by atoms with Gasteiger partial charge >= 0.3 is 0 Å². The molecule has 1 amide bonds. The molecule has 1 N–H and O–H groups in total. The number of H-pyrrole nitrogens is 1. The number of aromatic amines is 1. The molecule has 0 radical (unpaired) electrons. The van der Waals surface area contributed by atoms with E-state index in [0.29, 0.717) is 6.54 Å². The van der Waals surface area contributed by atoms with Gasteiger partial charge in [0.25, 0.3) is 0 Å². The van der Waals surface area contributed by atoms with Crippen LogP contribution in [0.5, 0.6) is 0 Å². The largest absolute Gasteiger partial charge is 0.360 e. The van der Waals surface area contributed by atoms with Crippen molar-refractivity contribution in [1.82, 2.24) is 19.7 Å². The maximum atomic E-state index is 12.9. The van der Waals surface area contributed by atoms with Crippen LogP contribution in [0.3, 0.4) is 0 Å². The Morgan fingerprint density at radius 3 is 2.52 bits per heavy atom. The molecule has 1 aliphatic heterocycles. The van der Waals surface area contributed by atoms with Gasteiger partial charge in [-0.3, -0.25) is 19.4 Å². The van der Waals surface area contributed by atoms with Gasteiger partial charge in [0.05, 0.1) is 12.6 Å². The molecular weight excluding hydrogens is 316 g/mol. The number of hydrogen-bond donors (Lipinski definition) is 1. The molecule has 1 aliphatic rings. The Kier molecular flexibility index (Phi) is 5.20. The fourth-order valence-corrected chi connectivity index (χ4v) is 3.31. The Hall–Kier alpha value is -2.18. The summed E-state index contributed by atoms with van der Waals surface area (Å²) in [4.78, 5) is 33.9. The van der Waals surface area contributed by atoms with Gasteiger partial charge in [0.15, 0.2) is 5.78 Å². The van der Waals surface area contributed by atoms with Crippen LogP contribution >= 0.6 is 0 Å². The Balaban J connectivity index is 1.61. The van der Waals surface area contributed by atoms with Crippen LogP contribution in [0.4, 0.5) is 0 Å². The first-order chi connectivity index (χ1) is 12.0. The molecule has 2 heterocycles. The molecule has 1 aromatic carbocycles. The molecule has 1 atom stereocenters. The normalized spacial score (nSPS) is 17.6.